The fourth-order valence-electron chi connectivity index (χ4n) is 2.13. The lowest BCUT2D eigenvalue weighted by Crippen LogP contribution is -2.31. The summed E-state index contributed by atoms with van der Waals surface area (Å²) < 4.78 is 0. The van der Waals surface area contributed by atoms with E-state index in [1.165, 1.54) is 11.1 Å². The van der Waals surface area contributed by atoms with Crippen molar-refractivity contribution in [1.29, 1.82) is 0 Å². The number of aryl methyl sites for hydroxylation is 1. The predicted octanol–water partition coefficient (Wildman–Crippen LogP) is 2.93. The molecule has 1 aromatic carbocycles. The van der Waals surface area contributed by atoms with Gasteiger partial charge in [0.1, 0.15) is 0 Å². The minimum Gasteiger partial charge on any atom is -0.481 e. The second-order valence-corrected chi connectivity index (χ2v) is 5.59. The number of amides is 1. The summed E-state index contributed by atoms with van der Waals surface area (Å²) in [4.78, 5) is 22.3. The Balaban J connectivity index is 2.19. The number of unbranched alkanes of at least 4 members (excludes halogenated alkanes) is 2. The highest BCUT2D eigenvalue weighted by atomic mass is 16.4. The van der Waals surface area contributed by atoms with E-state index in [1.807, 2.05) is 13.8 Å². The number of carbonyl (C=O) groups is 2. The second kappa shape index (κ2) is 9.16. The van der Waals surface area contributed by atoms with Crippen molar-refractivity contribution in [1.82, 2.24) is 5.32 Å². The van der Waals surface area contributed by atoms with Crippen LogP contribution in [0.4, 0.5) is 0 Å². The molecule has 2 N–H and O–H groups in total. The predicted molar refractivity (Wildman–Crippen MR) is 83.2 cm³/mol. The number of carboxylic acids is 1. The Morgan fingerprint density at radius 1 is 1.14 bits per heavy atom. The van der Waals surface area contributed by atoms with Gasteiger partial charge in [0.05, 0.1) is 0 Å². The number of nitrogens with one attached hydrogen (secondary N) is 1. The summed E-state index contributed by atoms with van der Waals surface area (Å²) in [5.41, 5.74) is 2.39. The van der Waals surface area contributed by atoms with Gasteiger partial charge in [-0.1, -0.05) is 43.2 Å². The SMILES string of the molecule is Cc1ccc(CC(C)C(=O)NCCCCCC(=O)O)cc1. The van der Waals surface area contributed by atoms with Crippen molar-refractivity contribution in [3.8, 4) is 0 Å². The monoisotopic (exact) mass is 291 g/mol. The molecule has 1 amide bonds. The molecule has 116 valence electrons. The van der Waals surface area contributed by atoms with Crippen LogP contribution in [-0.4, -0.2) is 23.5 Å². The molecule has 0 saturated heterocycles. The Hall–Kier alpha value is -1.84. The standard InChI is InChI=1S/C17H25NO3/c1-13-7-9-15(10-8-13)12-14(2)17(21)18-11-5-3-4-6-16(19)20/h7-10,14H,3-6,11-12H2,1-2H3,(H,18,21)(H,19,20). The third-order valence-corrected chi connectivity index (χ3v) is 3.48. The molecule has 0 heterocycles. The topological polar surface area (TPSA) is 66.4 Å². The molecule has 0 spiro atoms. The zero-order valence-electron chi connectivity index (χ0n) is 12.9. The average Bonchev–Trinajstić information content (AvgIpc) is 2.44. The fraction of sp³-hybridized carbons (Fsp3) is 0.529. The van der Waals surface area contributed by atoms with Crippen LogP contribution in [-0.2, 0) is 16.0 Å². The highest BCUT2D eigenvalue weighted by Crippen LogP contribution is 2.10. The van der Waals surface area contributed by atoms with E-state index in [4.69, 9.17) is 5.11 Å². The molecule has 1 rings (SSSR count). The molecular formula is C17H25NO3. The maximum absolute atomic E-state index is 12.0. The number of benzene rings is 1. The minimum atomic E-state index is -0.759. The van der Waals surface area contributed by atoms with E-state index in [1.54, 1.807) is 0 Å². The summed E-state index contributed by atoms with van der Waals surface area (Å²) in [5, 5.41) is 11.4. The third-order valence-electron chi connectivity index (χ3n) is 3.48. The lowest BCUT2D eigenvalue weighted by atomic mass is 9.99. The molecule has 0 aromatic heterocycles. The van der Waals surface area contributed by atoms with Crippen LogP contribution in [0.15, 0.2) is 24.3 Å². The van der Waals surface area contributed by atoms with Gasteiger partial charge in [-0.15, -0.1) is 0 Å². The van der Waals surface area contributed by atoms with Crippen LogP contribution in [0.3, 0.4) is 0 Å². The van der Waals surface area contributed by atoms with E-state index in [-0.39, 0.29) is 18.2 Å². The lowest BCUT2D eigenvalue weighted by molar-refractivity contribution is -0.137. The molecule has 0 saturated carbocycles. The van der Waals surface area contributed by atoms with Gasteiger partial charge in [0.2, 0.25) is 5.91 Å². The first-order valence-corrected chi connectivity index (χ1v) is 7.54. The number of hydrogen-bond donors (Lipinski definition) is 2. The van der Waals surface area contributed by atoms with E-state index in [0.29, 0.717) is 13.0 Å². The Morgan fingerprint density at radius 3 is 2.43 bits per heavy atom. The molecule has 4 heteroatoms. The van der Waals surface area contributed by atoms with E-state index < -0.39 is 5.97 Å². The maximum Gasteiger partial charge on any atom is 0.303 e. The average molecular weight is 291 g/mol. The van der Waals surface area contributed by atoms with Crippen LogP contribution >= 0.6 is 0 Å². The van der Waals surface area contributed by atoms with Gasteiger partial charge in [-0.3, -0.25) is 9.59 Å². The van der Waals surface area contributed by atoms with E-state index >= 15 is 0 Å². The number of rotatable bonds is 9. The van der Waals surface area contributed by atoms with Crippen molar-refractivity contribution in [3.05, 3.63) is 35.4 Å². The first-order valence-electron chi connectivity index (χ1n) is 7.54. The van der Waals surface area contributed by atoms with Crippen molar-refractivity contribution in [2.45, 2.75) is 46.0 Å². The smallest absolute Gasteiger partial charge is 0.303 e. The molecule has 0 aliphatic carbocycles. The Morgan fingerprint density at radius 2 is 1.81 bits per heavy atom. The summed E-state index contributed by atoms with van der Waals surface area (Å²) >= 11 is 0. The van der Waals surface area contributed by atoms with Gasteiger partial charge in [0, 0.05) is 18.9 Å². The van der Waals surface area contributed by atoms with E-state index in [0.717, 1.165) is 19.3 Å². The van der Waals surface area contributed by atoms with Crippen LogP contribution in [0.1, 0.15) is 43.7 Å². The summed E-state index contributed by atoms with van der Waals surface area (Å²) in [6.45, 7) is 4.60. The first kappa shape index (κ1) is 17.2. The summed E-state index contributed by atoms with van der Waals surface area (Å²) in [6.07, 6.45) is 3.28. The van der Waals surface area contributed by atoms with Crippen LogP contribution in [0, 0.1) is 12.8 Å². The first-order chi connectivity index (χ1) is 9.99. The summed E-state index contributed by atoms with van der Waals surface area (Å²) in [5.74, 6) is -0.744. The maximum atomic E-state index is 12.0. The highest BCUT2D eigenvalue weighted by Gasteiger charge is 2.12. The van der Waals surface area contributed by atoms with Gasteiger partial charge in [0.25, 0.3) is 0 Å². The van der Waals surface area contributed by atoms with Gasteiger partial charge in [-0.2, -0.15) is 0 Å². The largest absolute Gasteiger partial charge is 0.481 e. The molecule has 4 nitrogen and oxygen atoms in total. The van der Waals surface area contributed by atoms with Gasteiger partial charge < -0.3 is 10.4 Å². The quantitative estimate of drug-likeness (QED) is 0.687. The van der Waals surface area contributed by atoms with Gasteiger partial charge in [-0.05, 0) is 31.7 Å². The van der Waals surface area contributed by atoms with Crippen LogP contribution < -0.4 is 5.32 Å². The zero-order valence-corrected chi connectivity index (χ0v) is 12.9. The molecule has 0 bridgehead atoms. The number of carbonyl (C=O) groups excluding carboxylic acids is 1. The van der Waals surface area contributed by atoms with Crippen LogP contribution in [0.5, 0.6) is 0 Å². The van der Waals surface area contributed by atoms with Crippen molar-refractivity contribution in [2.75, 3.05) is 6.54 Å². The zero-order chi connectivity index (χ0) is 15.7. The van der Waals surface area contributed by atoms with Gasteiger partial charge in [-0.25, -0.2) is 0 Å². The Bertz CT molecular complexity index is 454. The van der Waals surface area contributed by atoms with Gasteiger partial charge in [0.15, 0.2) is 0 Å². The molecule has 0 radical (unpaired) electrons. The van der Waals surface area contributed by atoms with Crippen molar-refractivity contribution >= 4 is 11.9 Å². The fourth-order valence-corrected chi connectivity index (χ4v) is 2.13. The molecule has 21 heavy (non-hydrogen) atoms. The summed E-state index contributed by atoms with van der Waals surface area (Å²) in [7, 11) is 0. The molecule has 1 aromatic rings. The van der Waals surface area contributed by atoms with Crippen molar-refractivity contribution in [2.24, 2.45) is 5.92 Å². The molecule has 1 atom stereocenters. The Kier molecular flexibility index (Phi) is 7.51. The molecule has 0 fully saturated rings. The number of carboxylic acid groups (broad SMARTS) is 1. The number of hydrogen-bond acceptors (Lipinski definition) is 2. The van der Waals surface area contributed by atoms with Crippen molar-refractivity contribution < 1.29 is 14.7 Å². The lowest BCUT2D eigenvalue weighted by Gasteiger charge is -2.12. The van der Waals surface area contributed by atoms with E-state index in [2.05, 4.69) is 29.6 Å². The highest BCUT2D eigenvalue weighted by molar-refractivity contribution is 5.78. The van der Waals surface area contributed by atoms with Crippen molar-refractivity contribution in [3.63, 3.8) is 0 Å². The molecule has 0 aliphatic rings. The molecule has 0 aliphatic heterocycles. The molecule has 1 unspecified atom stereocenters. The van der Waals surface area contributed by atoms with Crippen LogP contribution in [0.25, 0.3) is 0 Å². The van der Waals surface area contributed by atoms with Gasteiger partial charge >= 0.3 is 5.97 Å². The summed E-state index contributed by atoms with van der Waals surface area (Å²) in [6, 6.07) is 8.24. The Labute approximate surface area is 126 Å². The second-order valence-electron chi connectivity index (χ2n) is 5.59. The van der Waals surface area contributed by atoms with Crippen LogP contribution in [0.2, 0.25) is 0 Å². The van der Waals surface area contributed by atoms with E-state index in [9.17, 15) is 9.59 Å². The third kappa shape index (κ3) is 7.49. The number of aliphatic carboxylic acids is 1. The molecular weight excluding hydrogens is 266 g/mol. The normalized spacial score (nSPS) is 11.9. The minimum absolute atomic E-state index is 0.0493.